The second kappa shape index (κ2) is 8.15. The van der Waals surface area contributed by atoms with E-state index in [1.54, 1.807) is 13.0 Å². The van der Waals surface area contributed by atoms with Gasteiger partial charge in [0, 0.05) is 29.1 Å². The molecule has 6 heteroatoms. The highest BCUT2D eigenvalue weighted by atomic mass is 35.5. The third kappa shape index (κ3) is 4.11. The van der Waals surface area contributed by atoms with Gasteiger partial charge in [-0.25, -0.2) is 4.99 Å². The molecule has 5 nitrogen and oxygen atoms in total. The zero-order valence-electron chi connectivity index (χ0n) is 14.5. The first-order valence-electron chi connectivity index (χ1n) is 8.49. The molecule has 0 bridgehead atoms. The maximum atomic E-state index is 12.0. The zero-order chi connectivity index (χ0) is 18.5. The lowest BCUT2D eigenvalue weighted by Crippen LogP contribution is -2.18. The Balaban J connectivity index is 2.17. The fourth-order valence-corrected chi connectivity index (χ4v) is 3.12. The molecule has 0 unspecified atom stereocenters. The molecule has 0 aliphatic carbocycles. The van der Waals surface area contributed by atoms with Crippen molar-refractivity contribution in [1.82, 2.24) is 0 Å². The van der Waals surface area contributed by atoms with E-state index in [4.69, 9.17) is 27.1 Å². The van der Waals surface area contributed by atoms with Gasteiger partial charge in [0.15, 0.2) is 0 Å². The summed E-state index contributed by atoms with van der Waals surface area (Å²) in [5, 5.41) is 0.515. The molecule has 1 heterocycles. The van der Waals surface area contributed by atoms with Crippen molar-refractivity contribution < 1.29 is 9.53 Å². The maximum Gasteiger partial charge on any atom is 0.310 e. The average molecular weight is 370 g/mol. The number of hydrogen-bond donors (Lipinski definition) is 1. The smallest absolute Gasteiger partial charge is 0.310 e. The number of nitrogens with two attached hydrogens (primary N) is 1. The Labute approximate surface area is 157 Å². The molecule has 2 aromatic rings. The van der Waals surface area contributed by atoms with Crippen LogP contribution >= 0.6 is 11.6 Å². The number of ether oxygens (including phenoxy) is 1. The van der Waals surface area contributed by atoms with Crippen LogP contribution in [-0.2, 0) is 16.0 Å². The predicted octanol–water partition coefficient (Wildman–Crippen LogP) is 3.68. The van der Waals surface area contributed by atoms with Gasteiger partial charge in [-0.3, -0.25) is 9.79 Å². The van der Waals surface area contributed by atoms with Gasteiger partial charge in [0.25, 0.3) is 0 Å². The van der Waals surface area contributed by atoms with Crippen molar-refractivity contribution in [2.24, 2.45) is 15.7 Å². The summed E-state index contributed by atoms with van der Waals surface area (Å²) < 4.78 is 5.08. The summed E-state index contributed by atoms with van der Waals surface area (Å²) in [6, 6.07) is 13.4. The predicted molar refractivity (Wildman–Crippen MR) is 105 cm³/mol. The highest BCUT2D eigenvalue weighted by molar-refractivity contribution is 6.32. The van der Waals surface area contributed by atoms with Gasteiger partial charge in [-0.2, -0.15) is 0 Å². The molecule has 26 heavy (non-hydrogen) atoms. The van der Waals surface area contributed by atoms with Crippen LogP contribution in [0.25, 0.3) is 0 Å². The van der Waals surface area contributed by atoms with E-state index in [9.17, 15) is 4.79 Å². The topological polar surface area (TPSA) is 77.0 Å². The molecule has 1 aliphatic heterocycles. The quantitative estimate of drug-likeness (QED) is 0.835. The molecule has 0 aromatic heterocycles. The fourth-order valence-electron chi connectivity index (χ4n) is 2.88. The molecule has 3 rings (SSSR count). The van der Waals surface area contributed by atoms with E-state index in [2.05, 4.69) is 4.99 Å². The summed E-state index contributed by atoms with van der Waals surface area (Å²) >= 11 is 6.34. The van der Waals surface area contributed by atoms with E-state index in [-0.39, 0.29) is 12.4 Å². The lowest BCUT2D eigenvalue weighted by molar-refractivity contribution is -0.142. The molecule has 0 radical (unpaired) electrons. The molecule has 0 saturated heterocycles. The summed E-state index contributed by atoms with van der Waals surface area (Å²) in [5.74, 6) is 0.153. The minimum absolute atomic E-state index is 0.0790. The van der Waals surface area contributed by atoms with Crippen molar-refractivity contribution in [3.8, 4) is 0 Å². The van der Waals surface area contributed by atoms with Crippen LogP contribution in [0.4, 0.5) is 5.69 Å². The molecular formula is C20H20ClN3O2. The van der Waals surface area contributed by atoms with Crippen LogP contribution in [0.15, 0.2) is 52.4 Å². The molecule has 0 fully saturated rings. The summed E-state index contributed by atoms with van der Waals surface area (Å²) in [7, 11) is 0. The lowest BCUT2D eigenvalue weighted by atomic mass is 9.96. The van der Waals surface area contributed by atoms with Crippen molar-refractivity contribution in [1.29, 1.82) is 0 Å². The van der Waals surface area contributed by atoms with Gasteiger partial charge in [0.1, 0.15) is 5.84 Å². The number of halogens is 1. The van der Waals surface area contributed by atoms with Crippen LogP contribution in [0.5, 0.6) is 0 Å². The Morgan fingerprint density at radius 1 is 1.27 bits per heavy atom. The number of benzene rings is 2. The van der Waals surface area contributed by atoms with Crippen LogP contribution < -0.4 is 5.73 Å². The highest BCUT2D eigenvalue weighted by Crippen LogP contribution is 2.32. The molecule has 134 valence electrons. The first-order chi connectivity index (χ1) is 12.6. The molecule has 0 amide bonds. The summed E-state index contributed by atoms with van der Waals surface area (Å²) in [5.41, 5.74) is 9.87. The number of esters is 1. The number of fused-ring (bicyclic) bond motifs is 1. The number of nitrogens with zero attached hydrogens (tertiary/aromatic N) is 2. The normalized spacial score (nSPS) is 13.8. The summed E-state index contributed by atoms with van der Waals surface area (Å²) in [6.45, 7) is 2.64. The third-order valence-corrected chi connectivity index (χ3v) is 4.21. The highest BCUT2D eigenvalue weighted by Gasteiger charge is 2.20. The number of rotatable bonds is 4. The van der Waals surface area contributed by atoms with E-state index in [1.807, 2.05) is 36.4 Å². The Morgan fingerprint density at radius 2 is 2.04 bits per heavy atom. The summed E-state index contributed by atoms with van der Waals surface area (Å²) in [4.78, 5) is 21.3. The van der Waals surface area contributed by atoms with E-state index in [0.717, 1.165) is 16.8 Å². The van der Waals surface area contributed by atoms with Crippen LogP contribution in [0, 0.1) is 0 Å². The Bertz CT molecular complexity index is 876. The number of amidine groups is 1. The Kier molecular flexibility index (Phi) is 5.68. The van der Waals surface area contributed by atoms with Crippen molar-refractivity contribution in [2.45, 2.75) is 19.8 Å². The van der Waals surface area contributed by atoms with Crippen molar-refractivity contribution in [2.75, 3.05) is 13.2 Å². The van der Waals surface area contributed by atoms with Gasteiger partial charge >= 0.3 is 5.97 Å². The Morgan fingerprint density at radius 3 is 2.77 bits per heavy atom. The molecule has 2 aromatic carbocycles. The molecule has 2 N–H and O–H groups in total. The number of carbonyl (C=O) groups excluding carboxylic acids is 1. The van der Waals surface area contributed by atoms with Crippen molar-refractivity contribution in [3.63, 3.8) is 0 Å². The third-order valence-electron chi connectivity index (χ3n) is 3.99. The monoisotopic (exact) mass is 369 g/mol. The SMILES string of the molecule is CCOC(=O)Cc1cc(Cl)cc2c1N=C(N)CCN=C2c1ccccc1. The number of hydrogen-bond acceptors (Lipinski definition) is 5. The second-order valence-corrected chi connectivity index (χ2v) is 6.33. The van der Waals surface area contributed by atoms with Crippen LogP contribution in [0.1, 0.15) is 30.0 Å². The van der Waals surface area contributed by atoms with Crippen LogP contribution in [-0.4, -0.2) is 30.7 Å². The largest absolute Gasteiger partial charge is 0.466 e. The molecule has 0 saturated carbocycles. The standard InChI is InChI=1S/C20H20ClN3O2/c1-2-26-18(25)11-14-10-15(21)12-16-19(13-6-4-3-5-7-13)23-9-8-17(22)24-20(14)16/h3-7,10,12H,2,8-9,11H2,1H3,(H2,22,24). The molecule has 0 spiro atoms. The van der Waals surface area contributed by atoms with E-state index < -0.39 is 0 Å². The van der Waals surface area contributed by atoms with E-state index in [1.165, 1.54) is 0 Å². The molecular weight excluding hydrogens is 350 g/mol. The minimum atomic E-state index is -0.328. The summed E-state index contributed by atoms with van der Waals surface area (Å²) in [6.07, 6.45) is 0.632. The second-order valence-electron chi connectivity index (χ2n) is 5.89. The van der Waals surface area contributed by atoms with Gasteiger partial charge in [0.2, 0.25) is 0 Å². The van der Waals surface area contributed by atoms with Crippen LogP contribution in [0.3, 0.4) is 0 Å². The minimum Gasteiger partial charge on any atom is -0.466 e. The van der Waals surface area contributed by atoms with Gasteiger partial charge in [-0.1, -0.05) is 41.9 Å². The number of carbonyl (C=O) groups is 1. The first-order valence-corrected chi connectivity index (χ1v) is 8.87. The Hall–Kier alpha value is -2.66. The van der Waals surface area contributed by atoms with Gasteiger partial charge in [-0.15, -0.1) is 0 Å². The number of aliphatic imine (C=N–C) groups is 2. The van der Waals surface area contributed by atoms with Gasteiger partial charge < -0.3 is 10.5 Å². The van der Waals surface area contributed by atoms with Gasteiger partial charge in [-0.05, 0) is 24.6 Å². The first kappa shape index (κ1) is 18.1. The molecule has 0 atom stereocenters. The average Bonchev–Trinajstić information content (AvgIpc) is 2.60. The zero-order valence-corrected chi connectivity index (χ0v) is 15.3. The van der Waals surface area contributed by atoms with Crippen molar-refractivity contribution >= 4 is 34.8 Å². The van der Waals surface area contributed by atoms with Crippen LogP contribution in [0.2, 0.25) is 5.02 Å². The fraction of sp³-hybridized carbons (Fsp3) is 0.250. The lowest BCUT2D eigenvalue weighted by Gasteiger charge is -2.17. The molecule has 1 aliphatic rings. The van der Waals surface area contributed by atoms with E-state index in [0.29, 0.717) is 41.7 Å². The maximum absolute atomic E-state index is 12.0. The van der Waals surface area contributed by atoms with E-state index >= 15 is 0 Å². The van der Waals surface area contributed by atoms with Crippen molar-refractivity contribution in [3.05, 3.63) is 64.2 Å². The van der Waals surface area contributed by atoms with Gasteiger partial charge in [0.05, 0.1) is 24.4 Å².